The largest absolute Gasteiger partial charge is 0.346 e. The number of rotatable bonds is 3. The van der Waals surface area contributed by atoms with Crippen molar-refractivity contribution in [3.8, 4) is 0 Å². The molecule has 1 atom stereocenters. The van der Waals surface area contributed by atoms with E-state index in [1.165, 1.54) is 47.9 Å². The van der Waals surface area contributed by atoms with E-state index in [0.29, 0.717) is 0 Å². The fraction of sp³-hybridized carbons (Fsp3) is 0.381. The van der Waals surface area contributed by atoms with Crippen molar-refractivity contribution in [2.75, 3.05) is 0 Å². The molecule has 0 saturated carbocycles. The van der Waals surface area contributed by atoms with Crippen molar-refractivity contribution in [2.45, 2.75) is 52.5 Å². The van der Waals surface area contributed by atoms with Gasteiger partial charge in [0.15, 0.2) is 0 Å². The Morgan fingerprint density at radius 3 is 2.48 bits per heavy atom. The summed E-state index contributed by atoms with van der Waals surface area (Å²) in [6, 6.07) is 12.7. The molecule has 0 heterocycles. The van der Waals surface area contributed by atoms with Gasteiger partial charge < -0.3 is 5.32 Å². The summed E-state index contributed by atoms with van der Waals surface area (Å²) in [7, 11) is 0. The fourth-order valence-electron chi connectivity index (χ4n) is 3.45. The molecule has 1 aliphatic rings. The van der Waals surface area contributed by atoms with E-state index in [1.54, 1.807) is 0 Å². The van der Waals surface area contributed by atoms with Crippen molar-refractivity contribution in [1.82, 2.24) is 5.32 Å². The zero-order chi connectivity index (χ0) is 16.4. The number of benzene rings is 2. The molecule has 1 N–H and O–H groups in total. The lowest BCUT2D eigenvalue weighted by Gasteiger charge is -2.20. The number of amides is 1. The Morgan fingerprint density at radius 2 is 1.74 bits per heavy atom. The Balaban J connectivity index is 1.76. The van der Waals surface area contributed by atoms with Crippen molar-refractivity contribution in [3.05, 3.63) is 69.8 Å². The van der Waals surface area contributed by atoms with Crippen LogP contribution in [0.5, 0.6) is 0 Å². The highest BCUT2D eigenvalue weighted by Gasteiger charge is 2.16. The first-order valence-electron chi connectivity index (χ1n) is 8.54. The van der Waals surface area contributed by atoms with Gasteiger partial charge in [0.2, 0.25) is 0 Å². The van der Waals surface area contributed by atoms with Gasteiger partial charge in [-0.2, -0.15) is 0 Å². The molecule has 1 aliphatic carbocycles. The fourth-order valence-corrected chi connectivity index (χ4v) is 3.45. The van der Waals surface area contributed by atoms with Gasteiger partial charge in [0, 0.05) is 5.56 Å². The van der Waals surface area contributed by atoms with Gasteiger partial charge in [-0.05, 0) is 74.8 Å². The van der Waals surface area contributed by atoms with E-state index in [-0.39, 0.29) is 11.9 Å². The lowest BCUT2D eigenvalue weighted by molar-refractivity contribution is 0.0939. The maximum Gasteiger partial charge on any atom is 0.252 e. The summed E-state index contributed by atoms with van der Waals surface area (Å²) in [5.74, 6) is 0.00715. The normalized spacial score (nSPS) is 14.9. The quantitative estimate of drug-likeness (QED) is 0.877. The van der Waals surface area contributed by atoms with E-state index in [9.17, 15) is 4.79 Å². The van der Waals surface area contributed by atoms with E-state index in [0.717, 1.165) is 11.1 Å². The summed E-state index contributed by atoms with van der Waals surface area (Å²) in [4.78, 5) is 12.5. The van der Waals surface area contributed by atoms with Gasteiger partial charge in [-0.3, -0.25) is 4.79 Å². The second kappa shape index (κ2) is 6.57. The monoisotopic (exact) mass is 307 g/mol. The highest BCUT2D eigenvalue weighted by Crippen LogP contribution is 2.25. The predicted molar refractivity (Wildman–Crippen MR) is 94.9 cm³/mol. The van der Waals surface area contributed by atoms with Gasteiger partial charge in [0.25, 0.3) is 5.91 Å². The molecule has 2 aromatic carbocycles. The Hall–Kier alpha value is -2.09. The molecule has 2 aromatic rings. The van der Waals surface area contributed by atoms with Crippen molar-refractivity contribution in [3.63, 3.8) is 0 Å². The highest BCUT2D eigenvalue weighted by molar-refractivity contribution is 5.95. The molecule has 120 valence electrons. The molecule has 0 fully saturated rings. The summed E-state index contributed by atoms with van der Waals surface area (Å²) in [6.45, 7) is 6.10. The molecule has 2 heteroatoms. The lowest BCUT2D eigenvalue weighted by atomic mass is 9.89. The second-order valence-electron chi connectivity index (χ2n) is 6.75. The van der Waals surface area contributed by atoms with Gasteiger partial charge >= 0.3 is 0 Å². The number of nitrogens with one attached hydrogen (secondary N) is 1. The number of fused-ring (bicyclic) bond motifs is 1. The minimum Gasteiger partial charge on any atom is -0.346 e. The molecule has 0 saturated heterocycles. The van der Waals surface area contributed by atoms with Gasteiger partial charge in [0.1, 0.15) is 0 Å². The molecular formula is C21H25NO. The topological polar surface area (TPSA) is 29.1 Å². The first-order valence-corrected chi connectivity index (χ1v) is 8.54. The van der Waals surface area contributed by atoms with Crippen LogP contribution in [-0.4, -0.2) is 5.91 Å². The maximum absolute atomic E-state index is 12.5. The Bertz CT molecular complexity index is 733. The van der Waals surface area contributed by atoms with Crippen LogP contribution in [0.25, 0.3) is 0 Å². The van der Waals surface area contributed by atoms with Crippen LogP contribution in [0.15, 0.2) is 36.4 Å². The molecule has 0 radical (unpaired) electrons. The van der Waals surface area contributed by atoms with Crippen LogP contribution in [0.1, 0.15) is 64.0 Å². The summed E-state index contributed by atoms with van der Waals surface area (Å²) in [5.41, 5.74) is 7.11. The average molecular weight is 307 g/mol. The maximum atomic E-state index is 12.5. The smallest absolute Gasteiger partial charge is 0.252 e. The third-order valence-electron chi connectivity index (χ3n) is 4.85. The molecule has 3 rings (SSSR count). The van der Waals surface area contributed by atoms with E-state index in [1.807, 2.05) is 26.0 Å². The SMILES string of the molecule is Cc1ccc(C(=O)N[C@H](C)c2ccc3c(c2)CCCC3)c(C)c1. The standard InChI is InChI=1S/C21H25NO/c1-14-8-11-20(15(2)12-14)21(23)22-16(3)18-10-9-17-6-4-5-7-19(17)13-18/h8-13,16H,4-7H2,1-3H3,(H,22,23)/t16-/m1/s1. The summed E-state index contributed by atoms with van der Waals surface area (Å²) in [6.07, 6.45) is 4.94. The zero-order valence-corrected chi connectivity index (χ0v) is 14.3. The number of carbonyl (C=O) groups is 1. The number of hydrogen-bond acceptors (Lipinski definition) is 1. The van der Waals surface area contributed by atoms with Crippen LogP contribution in [-0.2, 0) is 12.8 Å². The molecule has 0 aliphatic heterocycles. The van der Waals surface area contributed by atoms with Gasteiger partial charge in [-0.15, -0.1) is 0 Å². The average Bonchev–Trinajstić information content (AvgIpc) is 2.54. The first kappa shape index (κ1) is 15.8. The molecule has 0 unspecified atom stereocenters. The minimum atomic E-state index is 0.00715. The highest BCUT2D eigenvalue weighted by atomic mass is 16.1. The summed E-state index contributed by atoms with van der Waals surface area (Å²) in [5, 5.41) is 3.14. The predicted octanol–water partition coefficient (Wildman–Crippen LogP) is 4.67. The molecule has 1 amide bonds. The molecule has 2 nitrogen and oxygen atoms in total. The summed E-state index contributed by atoms with van der Waals surface area (Å²) < 4.78 is 0. The first-order chi connectivity index (χ1) is 11.0. The Morgan fingerprint density at radius 1 is 1.00 bits per heavy atom. The molecular weight excluding hydrogens is 282 g/mol. The van der Waals surface area contributed by atoms with E-state index < -0.39 is 0 Å². The van der Waals surface area contributed by atoms with Crippen LogP contribution < -0.4 is 5.32 Å². The number of carbonyl (C=O) groups excluding carboxylic acids is 1. The van der Waals surface area contributed by atoms with Crippen LogP contribution in [0.3, 0.4) is 0 Å². The molecule has 0 spiro atoms. The third-order valence-corrected chi connectivity index (χ3v) is 4.85. The van der Waals surface area contributed by atoms with Crippen LogP contribution >= 0.6 is 0 Å². The van der Waals surface area contributed by atoms with Crippen LogP contribution in [0.4, 0.5) is 0 Å². The van der Waals surface area contributed by atoms with E-state index in [2.05, 4.69) is 36.5 Å². The summed E-state index contributed by atoms with van der Waals surface area (Å²) >= 11 is 0. The molecule has 0 bridgehead atoms. The van der Waals surface area contributed by atoms with Gasteiger partial charge in [-0.1, -0.05) is 35.9 Å². The van der Waals surface area contributed by atoms with E-state index >= 15 is 0 Å². The van der Waals surface area contributed by atoms with Gasteiger partial charge in [-0.25, -0.2) is 0 Å². The van der Waals surface area contributed by atoms with Crippen molar-refractivity contribution < 1.29 is 4.79 Å². The molecule has 0 aromatic heterocycles. The second-order valence-corrected chi connectivity index (χ2v) is 6.75. The van der Waals surface area contributed by atoms with Crippen molar-refractivity contribution in [1.29, 1.82) is 0 Å². The number of aryl methyl sites for hydroxylation is 4. The van der Waals surface area contributed by atoms with Gasteiger partial charge in [0.05, 0.1) is 6.04 Å². The lowest BCUT2D eigenvalue weighted by Crippen LogP contribution is -2.27. The van der Waals surface area contributed by atoms with Crippen LogP contribution in [0, 0.1) is 13.8 Å². The number of hydrogen-bond donors (Lipinski definition) is 1. The van der Waals surface area contributed by atoms with E-state index in [4.69, 9.17) is 0 Å². The third kappa shape index (κ3) is 3.47. The minimum absolute atomic E-state index is 0.00715. The van der Waals surface area contributed by atoms with Crippen molar-refractivity contribution >= 4 is 5.91 Å². The van der Waals surface area contributed by atoms with Crippen molar-refractivity contribution in [2.24, 2.45) is 0 Å². The van der Waals surface area contributed by atoms with Crippen LogP contribution in [0.2, 0.25) is 0 Å². The Kier molecular flexibility index (Phi) is 4.51. The Labute approximate surface area is 138 Å². The molecule has 23 heavy (non-hydrogen) atoms. The zero-order valence-electron chi connectivity index (χ0n) is 14.3.